The number of aromatic nitrogens is 2. The van der Waals surface area contributed by atoms with Crippen LogP contribution in [0.5, 0.6) is 0 Å². The highest BCUT2D eigenvalue weighted by Crippen LogP contribution is 2.13. The number of carboxylic acid groups (broad SMARTS) is 1. The van der Waals surface area contributed by atoms with Crippen molar-refractivity contribution >= 4 is 34.4 Å². The maximum Gasteiger partial charge on any atom is 0.325 e. The predicted octanol–water partition coefficient (Wildman–Crippen LogP) is 2.12. The van der Waals surface area contributed by atoms with Crippen LogP contribution in [0.2, 0.25) is 0 Å². The van der Waals surface area contributed by atoms with E-state index in [2.05, 4.69) is 20.0 Å². The third-order valence-electron chi connectivity index (χ3n) is 2.32. The van der Waals surface area contributed by atoms with E-state index in [-0.39, 0.29) is 6.42 Å². The van der Waals surface area contributed by atoms with Crippen molar-refractivity contribution in [2.45, 2.75) is 13.3 Å². The fourth-order valence-electron chi connectivity index (χ4n) is 1.49. The first-order valence-corrected chi connectivity index (χ1v) is 6.49. The molecule has 7 nitrogen and oxygen atoms in total. The smallest absolute Gasteiger partial charge is 0.325 e. The molecule has 3 N–H and O–H groups in total. The summed E-state index contributed by atoms with van der Waals surface area (Å²) in [7, 11) is 0. The van der Waals surface area contributed by atoms with Gasteiger partial charge in [0.05, 0.1) is 6.42 Å². The van der Waals surface area contributed by atoms with Gasteiger partial charge in [-0.15, -0.1) is 0 Å². The van der Waals surface area contributed by atoms with Gasteiger partial charge in [-0.05, 0) is 24.6 Å². The zero-order chi connectivity index (χ0) is 14.5. The number of anilines is 2. The van der Waals surface area contributed by atoms with Crippen molar-refractivity contribution in [3.05, 3.63) is 35.7 Å². The minimum Gasteiger partial charge on any atom is -0.481 e. The fraction of sp³-hybridized carbons (Fsp3) is 0.167. The van der Waals surface area contributed by atoms with Crippen LogP contribution in [-0.4, -0.2) is 26.5 Å². The Balaban J connectivity index is 1.92. The molecule has 1 aromatic carbocycles. The number of aliphatic carboxylic acids is 1. The molecule has 2 amide bonds. The molecule has 8 heteroatoms. The van der Waals surface area contributed by atoms with Crippen molar-refractivity contribution < 1.29 is 14.7 Å². The number of nitrogens with one attached hydrogen (secondary N) is 2. The number of nitrogens with zero attached hydrogens (tertiary/aromatic N) is 2. The molecule has 1 heterocycles. The first-order chi connectivity index (χ1) is 9.52. The summed E-state index contributed by atoms with van der Waals surface area (Å²) < 4.78 is 3.95. The van der Waals surface area contributed by atoms with E-state index in [0.29, 0.717) is 22.2 Å². The monoisotopic (exact) mass is 292 g/mol. The number of benzene rings is 1. The number of urea groups is 1. The Hall–Kier alpha value is -2.48. The maximum absolute atomic E-state index is 11.7. The Bertz CT molecular complexity index is 624. The van der Waals surface area contributed by atoms with Gasteiger partial charge >= 0.3 is 12.0 Å². The molecule has 0 saturated carbocycles. The molecule has 2 rings (SSSR count). The van der Waals surface area contributed by atoms with E-state index in [1.807, 2.05) is 0 Å². The normalized spacial score (nSPS) is 10.1. The van der Waals surface area contributed by atoms with Gasteiger partial charge in [-0.25, -0.2) is 9.78 Å². The molecule has 0 aliphatic carbocycles. The molecule has 0 fully saturated rings. The summed E-state index contributed by atoms with van der Waals surface area (Å²) in [6, 6.07) is 6.16. The summed E-state index contributed by atoms with van der Waals surface area (Å²) >= 11 is 1.10. The molecular weight excluding hydrogens is 280 g/mol. The van der Waals surface area contributed by atoms with Gasteiger partial charge in [0.25, 0.3) is 0 Å². The minimum absolute atomic E-state index is 0.0451. The van der Waals surface area contributed by atoms with Gasteiger partial charge < -0.3 is 10.4 Å². The van der Waals surface area contributed by atoms with E-state index in [1.165, 1.54) is 0 Å². The Morgan fingerprint density at radius 3 is 2.50 bits per heavy atom. The summed E-state index contributed by atoms with van der Waals surface area (Å²) in [5, 5.41) is 14.3. The summed E-state index contributed by atoms with van der Waals surface area (Å²) in [6.45, 7) is 1.74. The molecule has 0 aliphatic rings. The zero-order valence-electron chi connectivity index (χ0n) is 10.6. The highest BCUT2D eigenvalue weighted by Gasteiger charge is 2.06. The van der Waals surface area contributed by atoms with Gasteiger partial charge in [0.1, 0.15) is 5.82 Å². The van der Waals surface area contributed by atoms with Gasteiger partial charge in [0.15, 0.2) is 0 Å². The van der Waals surface area contributed by atoms with Crippen LogP contribution in [0.4, 0.5) is 15.6 Å². The molecule has 0 radical (unpaired) electrons. The Morgan fingerprint density at radius 1 is 1.25 bits per heavy atom. The minimum atomic E-state index is -0.893. The van der Waals surface area contributed by atoms with Crippen LogP contribution >= 0.6 is 11.5 Å². The summed E-state index contributed by atoms with van der Waals surface area (Å²) in [5.74, 6) is -0.293. The zero-order valence-corrected chi connectivity index (χ0v) is 11.4. The SMILES string of the molecule is Cc1nsc(NC(=O)Nc2ccc(CC(=O)O)cc2)n1. The maximum atomic E-state index is 11.7. The van der Waals surface area contributed by atoms with Crippen molar-refractivity contribution in [1.29, 1.82) is 0 Å². The number of amides is 2. The van der Waals surface area contributed by atoms with Gasteiger partial charge in [-0.1, -0.05) is 12.1 Å². The number of carbonyl (C=O) groups excluding carboxylic acids is 1. The lowest BCUT2D eigenvalue weighted by Crippen LogP contribution is -2.19. The van der Waals surface area contributed by atoms with E-state index in [4.69, 9.17) is 5.11 Å². The molecule has 1 aromatic heterocycles. The van der Waals surface area contributed by atoms with Crippen LogP contribution in [0.1, 0.15) is 11.4 Å². The predicted molar refractivity (Wildman–Crippen MR) is 75.1 cm³/mol. The standard InChI is InChI=1S/C12H12N4O3S/c1-7-13-12(20-16-7)15-11(19)14-9-4-2-8(3-5-9)6-10(17)18/h2-5H,6H2,1H3,(H,17,18)(H2,13,14,15,16,19). The molecule has 20 heavy (non-hydrogen) atoms. The molecular formula is C12H12N4O3S. The quantitative estimate of drug-likeness (QED) is 0.800. The van der Waals surface area contributed by atoms with Crippen molar-refractivity contribution in [3.8, 4) is 0 Å². The van der Waals surface area contributed by atoms with Gasteiger partial charge in [-0.3, -0.25) is 10.1 Å². The third-order valence-corrected chi connectivity index (χ3v) is 3.04. The van der Waals surface area contributed by atoms with E-state index in [1.54, 1.807) is 31.2 Å². The van der Waals surface area contributed by atoms with Gasteiger partial charge in [-0.2, -0.15) is 4.37 Å². The number of carboxylic acids is 1. The molecule has 104 valence electrons. The Labute approximate surface area is 118 Å². The van der Waals surface area contributed by atoms with E-state index in [0.717, 1.165) is 11.5 Å². The second kappa shape index (κ2) is 6.11. The second-order valence-electron chi connectivity index (χ2n) is 3.99. The Morgan fingerprint density at radius 2 is 1.95 bits per heavy atom. The topological polar surface area (TPSA) is 104 Å². The average molecular weight is 292 g/mol. The lowest BCUT2D eigenvalue weighted by molar-refractivity contribution is -0.136. The Kier molecular flexibility index (Phi) is 4.26. The lowest BCUT2D eigenvalue weighted by Gasteiger charge is -2.05. The van der Waals surface area contributed by atoms with Gasteiger partial charge in [0, 0.05) is 17.2 Å². The van der Waals surface area contributed by atoms with Gasteiger partial charge in [0.2, 0.25) is 5.13 Å². The summed E-state index contributed by atoms with van der Waals surface area (Å²) in [6.07, 6.45) is -0.0451. The fourth-order valence-corrected chi connectivity index (χ4v) is 2.06. The van der Waals surface area contributed by atoms with Crippen molar-refractivity contribution in [2.24, 2.45) is 0 Å². The number of carbonyl (C=O) groups is 2. The second-order valence-corrected chi connectivity index (χ2v) is 4.75. The van der Waals surface area contributed by atoms with Crippen LogP contribution < -0.4 is 10.6 Å². The number of rotatable bonds is 4. The van der Waals surface area contributed by atoms with Crippen molar-refractivity contribution in [1.82, 2.24) is 9.36 Å². The van der Waals surface area contributed by atoms with E-state index >= 15 is 0 Å². The average Bonchev–Trinajstić information content (AvgIpc) is 2.76. The lowest BCUT2D eigenvalue weighted by atomic mass is 10.1. The highest BCUT2D eigenvalue weighted by molar-refractivity contribution is 7.09. The highest BCUT2D eigenvalue weighted by atomic mass is 32.1. The molecule has 0 aliphatic heterocycles. The first-order valence-electron chi connectivity index (χ1n) is 5.72. The van der Waals surface area contributed by atoms with Crippen LogP contribution in [0.25, 0.3) is 0 Å². The first kappa shape index (κ1) is 13.9. The molecule has 0 spiro atoms. The molecule has 0 bridgehead atoms. The number of hydrogen-bond acceptors (Lipinski definition) is 5. The molecule has 0 saturated heterocycles. The molecule has 0 unspecified atom stereocenters. The van der Waals surface area contributed by atoms with Crippen LogP contribution in [0.3, 0.4) is 0 Å². The largest absolute Gasteiger partial charge is 0.481 e. The van der Waals surface area contributed by atoms with Crippen molar-refractivity contribution in [2.75, 3.05) is 10.6 Å². The van der Waals surface area contributed by atoms with Crippen LogP contribution in [0, 0.1) is 6.92 Å². The number of aryl methyl sites for hydroxylation is 1. The molecule has 2 aromatic rings. The van der Waals surface area contributed by atoms with E-state index in [9.17, 15) is 9.59 Å². The van der Waals surface area contributed by atoms with Crippen LogP contribution in [0.15, 0.2) is 24.3 Å². The van der Waals surface area contributed by atoms with E-state index < -0.39 is 12.0 Å². The third kappa shape index (κ3) is 4.02. The summed E-state index contributed by atoms with van der Waals surface area (Å²) in [4.78, 5) is 26.2. The summed E-state index contributed by atoms with van der Waals surface area (Å²) in [5.41, 5.74) is 1.24. The number of hydrogen-bond donors (Lipinski definition) is 3. The van der Waals surface area contributed by atoms with Crippen molar-refractivity contribution in [3.63, 3.8) is 0 Å². The van der Waals surface area contributed by atoms with Crippen LogP contribution in [-0.2, 0) is 11.2 Å². The molecule has 0 atom stereocenters.